The topological polar surface area (TPSA) is 48.0 Å². The Labute approximate surface area is 94.1 Å². The van der Waals surface area contributed by atoms with Crippen LogP contribution in [0.2, 0.25) is 0 Å². The van der Waals surface area contributed by atoms with Gasteiger partial charge in [0.05, 0.1) is 0 Å². The summed E-state index contributed by atoms with van der Waals surface area (Å²) in [6, 6.07) is 11.1. The normalized spacial score (nSPS) is 10.4. The fourth-order valence-electron chi connectivity index (χ4n) is 1.70. The average molecular weight is 214 g/mol. The molecule has 2 N–H and O–H groups in total. The summed E-state index contributed by atoms with van der Waals surface area (Å²) in [6.07, 6.45) is 0. The molecule has 0 saturated heterocycles. The molecular formula is C13H14N2O. The third-order valence-corrected chi connectivity index (χ3v) is 2.84. The molecule has 1 aromatic carbocycles. The SMILES string of the molecule is Cc1c(-c2ccc(N)cc2)ccc(=O)n1C. The van der Waals surface area contributed by atoms with Crippen LogP contribution in [0.5, 0.6) is 0 Å². The van der Waals surface area contributed by atoms with Crippen molar-refractivity contribution >= 4 is 5.69 Å². The zero-order valence-electron chi connectivity index (χ0n) is 9.40. The Hall–Kier alpha value is -2.03. The number of anilines is 1. The van der Waals surface area contributed by atoms with E-state index in [0.717, 1.165) is 22.5 Å². The maximum Gasteiger partial charge on any atom is 0.250 e. The molecule has 2 aromatic rings. The van der Waals surface area contributed by atoms with E-state index >= 15 is 0 Å². The third-order valence-electron chi connectivity index (χ3n) is 2.84. The number of hydrogen-bond acceptors (Lipinski definition) is 2. The maximum absolute atomic E-state index is 11.4. The molecule has 0 aliphatic heterocycles. The van der Waals surface area contributed by atoms with Crippen molar-refractivity contribution in [2.75, 3.05) is 5.73 Å². The number of aromatic nitrogens is 1. The van der Waals surface area contributed by atoms with Gasteiger partial charge in [0, 0.05) is 30.1 Å². The molecule has 0 radical (unpaired) electrons. The van der Waals surface area contributed by atoms with Crippen molar-refractivity contribution in [2.24, 2.45) is 7.05 Å². The van der Waals surface area contributed by atoms with Crippen molar-refractivity contribution in [1.29, 1.82) is 0 Å². The number of hydrogen-bond donors (Lipinski definition) is 1. The first-order chi connectivity index (χ1) is 7.59. The largest absolute Gasteiger partial charge is 0.399 e. The van der Waals surface area contributed by atoms with Crippen LogP contribution >= 0.6 is 0 Å². The molecule has 82 valence electrons. The van der Waals surface area contributed by atoms with E-state index in [-0.39, 0.29) is 5.56 Å². The van der Waals surface area contributed by atoms with Gasteiger partial charge in [0.1, 0.15) is 0 Å². The minimum atomic E-state index is 0.0108. The van der Waals surface area contributed by atoms with Crippen LogP contribution in [0.3, 0.4) is 0 Å². The number of nitrogens with two attached hydrogens (primary N) is 1. The van der Waals surface area contributed by atoms with Gasteiger partial charge in [-0.1, -0.05) is 12.1 Å². The predicted octanol–water partition coefficient (Wildman–Crippen LogP) is 1.94. The molecule has 0 spiro atoms. The van der Waals surface area contributed by atoms with Crippen molar-refractivity contribution in [3.63, 3.8) is 0 Å². The maximum atomic E-state index is 11.4. The molecule has 0 amide bonds. The minimum absolute atomic E-state index is 0.0108. The molecule has 0 atom stereocenters. The molecular weight excluding hydrogens is 200 g/mol. The van der Waals surface area contributed by atoms with Crippen LogP contribution in [-0.4, -0.2) is 4.57 Å². The van der Waals surface area contributed by atoms with Crippen molar-refractivity contribution in [3.05, 3.63) is 52.4 Å². The van der Waals surface area contributed by atoms with Gasteiger partial charge in [-0.15, -0.1) is 0 Å². The number of pyridine rings is 1. The molecule has 3 heteroatoms. The van der Waals surface area contributed by atoms with E-state index in [9.17, 15) is 4.79 Å². The molecule has 2 rings (SSSR count). The lowest BCUT2D eigenvalue weighted by Crippen LogP contribution is -2.17. The zero-order chi connectivity index (χ0) is 11.7. The molecule has 1 heterocycles. The first-order valence-corrected chi connectivity index (χ1v) is 5.12. The molecule has 0 unspecified atom stereocenters. The van der Waals surface area contributed by atoms with Crippen molar-refractivity contribution in [1.82, 2.24) is 4.57 Å². The third kappa shape index (κ3) is 1.72. The number of rotatable bonds is 1. The van der Waals surface area contributed by atoms with Crippen LogP contribution in [0.25, 0.3) is 11.1 Å². The Bertz CT molecular complexity index is 567. The first kappa shape index (κ1) is 10.5. The summed E-state index contributed by atoms with van der Waals surface area (Å²) in [5, 5.41) is 0. The first-order valence-electron chi connectivity index (χ1n) is 5.12. The van der Waals surface area contributed by atoms with E-state index in [1.165, 1.54) is 0 Å². The van der Waals surface area contributed by atoms with Gasteiger partial charge in [0.15, 0.2) is 0 Å². The van der Waals surface area contributed by atoms with Crippen molar-refractivity contribution < 1.29 is 0 Å². The Balaban J connectivity index is 2.61. The molecule has 16 heavy (non-hydrogen) atoms. The second kappa shape index (κ2) is 3.85. The van der Waals surface area contributed by atoms with Gasteiger partial charge in [-0.05, 0) is 30.7 Å². The van der Waals surface area contributed by atoms with Crippen LogP contribution in [0.1, 0.15) is 5.69 Å². The summed E-state index contributed by atoms with van der Waals surface area (Å²) < 4.78 is 1.64. The molecule has 0 fully saturated rings. The van der Waals surface area contributed by atoms with Gasteiger partial charge in [-0.2, -0.15) is 0 Å². The number of nitrogen functional groups attached to an aromatic ring is 1. The number of nitrogens with zero attached hydrogens (tertiary/aromatic N) is 1. The van der Waals surface area contributed by atoms with Crippen LogP contribution in [-0.2, 0) is 7.05 Å². The highest BCUT2D eigenvalue weighted by molar-refractivity contribution is 5.67. The lowest BCUT2D eigenvalue weighted by Gasteiger charge is -2.10. The van der Waals surface area contributed by atoms with Crippen LogP contribution < -0.4 is 11.3 Å². The quantitative estimate of drug-likeness (QED) is 0.737. The van der Waals surface area contributed by atoms with Gasteiger partial charge in [-0.3, -0.25) is 4.79 Å². The van der Waals surface area contributed by atoms with Crippen LogP contribution in [0.15, 0.2) is 41.2 Å². The van der Waals surface area contributed by atoms with Crippen LogP contribution in [0.4, 0.5) is 5.69 Å². The predicted molar refractivity (Wildman–Crippen MR) is 66.3 cm³/mol. The highest BCUT2D eigenvalue weighted by Gasteiger charge is 2.04. The summed E-state index contributed by atoms with van der Waals surface area (Å²) in [5.41, 5.74) is 9.48. The van der Waals surface area contributed by atoms with E-state index in [4.69, 9.17) is 5.73 Å². The smallest absolute Gasteiger partial charge is 0.250 e. The van der Waals surface area contributed by atoms with E-state index in [2.05, 4.69) is 0 Å². The fourth-order valence-corrected chi connectivity index (χ4v) is 1.70. The van der Waals surface area contributed by atoms with Gasteiger partial charge < -0.3 is 10.3 Å². The molecule has 0 bridgehead atoms. The summed E-state index contributed by atoms with van der Waals surface area (Å²) >= 11 is 0. The summed E-state index contributed by atoms with van der Waals surface area (Å²) in [4.78, 5) is 11.4. The van der Waals surface area contributed by atoms with E-state index < -0.39 is 0 Å². The summed E-state index contributed by atoms with van der Waals surface area (Å²) in [7, 11) is 1.78. The monoisotopic (exact) mass is 214 g/mol. The highest BCUT2D eigenvalue weighted by Crippen LogP contribution is 2.22. The second-order valence-electron chi connectivity index (χ2n) is 3.85. The van der Waals surface area contributed by atoms with E-state index in [1.807, 2.05) is 37.3 Å². The lowest BCUT2D eigenvalue weighted by atomic mass is 10.0. The van der Waals surface area contributed by atoms with Crippen LogP contribution in [0, 0.1) is 6.92 Å². The average Bonchev–Trinajstić information content (AvgIpc) is 2.28. The fraction of sp³-hybridized carbons (Fsp3) is 0.154. The van der Waals surface area contributed by atoms with Gasteiger partial charge in [-0.25, -0.2) is 0 Å². The van der Waals surface area contributed by atoms with Gasteiger partial charge in [0.2, 0.25) is 5.56 Å². The Morgan fingerprint density at radius 3 is 2.31 bits per heavy atom. The van der Waals surface area contributed by atoms with Crippen molar-refractivity contribution in [2.45, 2.75) is 6.92 Å². The lowest BCUT2D eigenvalue weighted by molar-refractivity contribution is 0.821. The molecule has 0 aliphatic rings. The highest BCUT2D eigenvalue weighted by atomic mass is 16.1. The minimum Gasteiger partial charge on any atom is -0.399 e. The Morgan fingerprint density at radius 2 is 1.69 bits per heavy atom. The summed E-state index contributed by atoms with van der Waals surface area (Å²) in [5.74, 6) is 0. The molecule has 1 aromatic heterocycles. The molecule has 0 aliphatic carbocycles. The zero-order valence-corrected chi connectivity index (χ0v) is 9.40. The molecule has 3 nitrogen and oxygen atoms in total. The van der Waals surface area contributed by atoms with E-state index in [0.29, 0.717) is 0 Å². The van der Waals surface area contributed by atoms with E-state index in [1.54, 1.807) is 17.7 Å². The summed E-state index contributed by atoms with van der Waals surface area (Å²) in [6.45, 7) is 1.94. The standard InChI is InChI=1S/C13H14N2O/c1-9-12(7-8-13(16)15(9)2)10-3-5-11(14)6-4-10/h3-8H,14H2,1-2H3. The Morgan fingerprint density at radius 1 is 1.06 bits per heavy atom. The Kier molecular flexibility index (Phi) is 2.52. The second-order valence-corrected chi connectivity index (χ2v) is 3.85. The number of benzene rings is 1. The molecule has 0 saturated carbocycles. The van der Waals surface area contributed by atoms with Gasteiger partial charge >= 0.3 is 0 Å². The van der Waals surface area contributed by atoms with Gasteiger partial charge in [0.25, 0.3) is 0 Å². The van der Waals surface area contributed by atoms with Crippen molar-refractivity contribution in [3.8, 4) is 11.1 Å².